The second kappa shape index (κ2) is 4.45. The summed E-state index contributed by atoms with van der Waals surface area (Å²) < 4.78 is 0. The Kier molecular flexibility index (Phi) is 3.52. The van der Waals surface area contributed by atoms with Gasteiger partial charge in [0.15, 0.2) is 0 Å². The van der Waals surface area contributed by atoms with Crippen LogP contribution < -0.4 is 5.32 Å². The number of anilines is 1. The van der Waals surface area contributed by atoms with E-state index in [1.54, 1.807) is 11.3 Å². The Morgan fingerprint density at radius 2 is 2.33 bits per heavy atom. The second-order valence-electron chi connectivity index (χ2n) is 2.69. The molecule has 3 N–H and O–H groups in total. The third kappa shape index (κ3) is 2.48. The van der Waals surface area contributed by atoms with Crippen molar-refractivity contribution >= 4 is 17.0 Å². The largest absolute Gasteiger partial charge is 0.394 e. The molecule has 1 aromatic heterocycles. The lowest BCUT2D eigenvalue weighted by Gasteiger charge is -2.09. The molecule has 0 aromatic carbocycles. The number of hydrogen-bond acceptors (Lipinski definition) is 4. The Labute approximate surface area is 75.7 Å². The first-order chi connectivity index (χ1) is 5.74. The van der Waals surface area contributed by atoms with Crippen LogP contribution >= 0.6 is 11.3 Å². The van der Waals surface area contributed by atoms with Gasteiger partial charge < -0.3 is 15.5 Å². The van der Waals surface area contributed by atoms with Crippen molar-refractivity contribution in [2.75, 3.05) is 18.5 Å². The number of aryl methyl sites for hydroxylation is 1. The smallest absolute Gasteiger partial charge is 0.0942 e. The quantitative estimate of drug-likeness (QED) is 0.654. The van der Waals surface area contributed by atoms with Gasteiger partial charge in [-0.2, -0.15) is 0 Å². The Bertz CT molecular complexity index is 237. The summed E-state index contributed by atoms with van der Waals surface area (Å²) in [4.78, 5) is 0. The number of nitrogens with one attached hydrogen (secondary N) is 1. The number of aliphatic hydroxyl groups is 2. The van der Waals surface area contributed by atoms with Crippen LogP contribution in [0.4, 0.5) is 5.69 Å². The summed E-state index contributed by atoms with van der Waals surface area (Å²) in [5, 5.41) is 24.6. The van der Waals surface area contributed by atoms with E-state index < -0.39 is 6.10 Å². The normalized spacial score (nSPS) is 12.9. The zero-order valence-electron chi connectivity index (χ0n) is 6.95. The number of aliphatic hydroxyl groups excluding tert-OH is 2. The van der Waals surface area contributed by atoms with Crippen molar-refractivity contribution in [1.29, 1.82) is 0 Å². The van der Waals surface area contributed by atoms with Gasteiger partial charge in [-0.05, 0) is 17.9 Å². The molecule has 0 fully saturated rings. The molecule has 1 aromatic rings. The lowest BCUT2D eigenvalue weighted by Crippen LogP contribution is -2.22. The highest BCUT2D eigenvalue weighted by Crippen LogP contribution is 2.18. The second-order valence-corrected chi connectivity index (χ2v) is 3.43. The molecule has 0 saturated carbocycles. The summed E-state index contributed by atoms with van der Waals surface area (Å²) in [6.45, 7) is 2.20. The maximum absolute atomic E-state index is 9.04. The van der Waals surface area contributed by atoms with Crippen LogP contribution in [0.5, 0.6) is 0 Å². The highest BCUT2D eigenvalue weighted by atomic mass is 32.1. The third-order valence-electron chi connectivity index (χ3n) is 1.59. The van der Waals surface area contributed by atoms with Crippen molar-refractivity contribution in [3.05, 3.63) is 16.3 Å². The van der Waals surface area contributed by atoms with E-state index in [2.05, 4.69) is 5.32 Å². The third-order valence-corrected chi connectivity index (χ3v) is 2.46. The van der Waals surface area contributed by atoms with Crippen LogP contribution in [0.15, 0.2) is 10.8 Å². The summed E-state index contributed by atoms with van der Waals surface area (Å²) in [5.74, 6) is 0. The lowest BCUT2D eigenvalue weighted by molar-refractivity contribution is 0.105. The summed E-state index contributed by atoms with van der Waals surface area (Å²) in [6, 6.07) is 0. The predicted octanol–water partition coefficient (Wildman–Crippen LogP) is 0.822. The number of rotatable bonds is 4. The van der Waals surface area contributed by atoms with Crippen molar-refractivity contribution in [1.82, 2.24) is 0 Å². The standard InChI is InChI=1S/C8H13NO2S/c1-6-4-12-5-8(6)9-2-7(11)3-10/h4-5,7,9-11H,2-3H2,1H3/t7-/m0/s1. The minimum Gasteiger partial charge on any atom is -0.394 e. The average molecular weight is 187 g/mol. The van der Waals surface area contributed by atoms with Gasteiger partial charge in [-0.25, -0.2) is 0 Å². The molecule has 4 heteroatoms. The number of hydrogen-bond donors (Lipinski definition) is 3. The van der Waals surface area contributed by atoms with Crippen molar-refractivity contribution in [2.45, 2.75) is 13.0 Å². The van der Waals surface area contributed by atoms with Crippen LogP contribution in [-0.4, -0.2) is 29.5 Å². The van der Waals surface area contributed by atoms with E-state index in [9.17, 15) is 0 Å². The Morgan fingerprint density at radius 1 is 1.58 bits per heavy atom. The molecule has 3 nitrogen and oxygen atoms in total. The van der Waals surface area contributed by atoms with Crippen LogP contribution in [0, 0.1) is 6.92 Å². The fourth-order valence-corrected chi connectivity index (χ4v) is 1.64. The molecule has 0 saturated heterocycles. The maximum atomic E-state index is 9.04. The molecule has 1 atom stereocenters. The maximum Gasteiger partial charge on any atom is 0.0942 e. The van der Waals surface area contributed by atoms with Gasteiger partial charge in [0.2, 0.25) is 0 Å². The van der Waals surface area contributed by atoms with Crippen LogP contribution in [0.3, 0.4) is 0 Å². The molecule has 0 aliphatic carbocycles. The van der Waals surface area contributed by atoms with Gasteiger partial charge in [0.05, 0.1) is 12.7 Å². The summed E-state index contributed by atoms with van der Waals surface area (Å²) in [7, 11) is 0. The monoisotopic (exact) mass is 187 g/mol. The molecule has 0 unspecified atom stereocenters. The van der Waals surface area contributed by atoms with Gasteiger partial charge >= 0.3 is 0 Å². The summed E-state index contributed by atoms with van der Waals surface area (Å²) >= 11 is 1.62. The van der Waals surface area contributed by atoms with E-state index in [-0.39, 0.29) is 6.61 Å². The molecule has 0 radical (unpaired) electrons. The van der Waals surface area contributed by atoms with Crippen molar-refractivity contribution in [3.8, 4) is 0 Å². The van der Waals surface area contributed by atoms with Crippen LogP contribution in [0.2, 0.25) is 0 Å². The predicted molar refractivity (Wildman–Crippen MR) is 50.6 cm³/mol. The molecule has 0 aliphatic rings. The Balaban J connectivity index is 2.38. The zero-order valence-corrected chi connectivity index (χ0v) is 7.77. The molecule has 1 heterocycles. The fourth-order valence-electron chi connectivity index (χ4n) is 0.834. The summed E-state index contributed by atoms with van der Waals surface area (Å²) in [5.41, 5.74) is 2.21. The van der Waals surface area contributed by atoms with E-state index in [0.29, 0.717) is 6.54 Å². The lowest BCUT2D eigenvalue weighted by atomic mass is 10.3. The van der Waals surface area contributed by atoms with Crippen molar-refractivity contribution in [2.24, 2.45) is 0 Å². The van der Waals surface area contributed by atoms with E-state index in [1.165, 1.54) is 5.56 Å². The van der Waals surface area contributed by atoms with Crippen LogP contribution in [0.25, 0.3) is 0 Å². The van der Waals surface area contributed by atoms with Gasteiger partial charge in [0, 0.05) is 17.6 Å². The number of thiophene rings is 1. The van der Waals surface area contributed by atoms with Crippen LogP contribution in [-0.2, 0) is 0 Å². The Morgan fingerprint density at radius 3 is 2.83 bits per heavy atom. The van der Waals surface area contributed by atoms with Gasteiger partial charge in [0.25, 0.3) is 0 Å². The van der Waals surface area contributed by atoms with Crippen molar-refractivity contribution in [3.63, 3.8) is 0 Å². The summed E-state index contributed by atoms with van der Waals surface area (Å²) in [6.07, 6.45) is -0.677. The molecule has 0 amide bonds. The van der Waals surface area contributed by atoms with E-state index in [0.717, 1.165) is 5.69 Å². The molecular weight excluding hydrogens is 174 g/mol. The highest BCUT2D eigenvalue weighted by Gasteiger charge is 2.02. The molecule has 1 rings (SSSR count). The minimum absolute atomic E-state index is 0.198. The van der Waals surface area contributed by atoms with Gasteiger partial charge in [-0.3, -0.25) is 0 Å². The van der Waals surface area contributed by atoms with Gasteiger partial charge in [-0.1, -0.05) is 0 Å². The molecular formula is C8H13NO2S. The van der Waals surface area contributed by atoms with Crippen molar-refractivity contribution < 1.29 is 10.2 Å². The SMILES string of the molecule is Cc1cscc1NC[C@H](O)CO. The first-order valence-electron chi connectivity index (χ1n) is 3.79. The Hall–Kier alpha value is -0.580. The highest BCUT2D eigenvalue weighted by molar-refractivity contribution is 7.08. The fraction of sp³-hybridized carbons (Fsp3) is 0.500. The van der Waals surface area contributed by atoms with Crippen LogP contribution in [0.1, 0.15) is 5.56 Å². The topological polar surface area (TPSA) is 52.5 Å². The minimum atomic E-state index is -0.677. The van der Waals surface area contributed by atoms with Gasteiger partial charge in [-0.15, -0.1) is 11.3 Å². The molecule has 0 aliphatic heterocycles. The first kappa shape index (κ1) is 9.51. The average Bonchev–Trinajstić information content (AvgIpc) is 2.47. The van der Waals surface area contributed by atoms with E-state index in [1.807, 2.05) is 17.7 Å². The first-order valence-corrected chi connectivity index (χ1v) is 4.74. The molecule has 0 bridgehead atoms. The van der Waals surface area contributed by atoms with Gasteiger partial charge in [0.1, 0.15) is 0 Å². The molecule has 0 spiro atoms. The molecule has 68 valence electrons. The van der Waals surface area contributed by atoms with E-state index >= 15 is 0 Å². The zero-order chi connectivity index (χ0) is 8.97. The molecule has 12 heavy (non-hydrogen) atoms. The van der Waals surface area contributed by atoms with E-state index in [4.69, 9.17) is 10.2 Å².